The van der Waals surface area contributed by atoms with E-state index >= 15 is 0 Å². The minimum absolute atomic E-state index is 0.663. The summed E-state index contributed by atoms with van der Waals surface area (Å²) in [5.41, 5.74) is 6.31. The monoisotopic (exact) mass is 443 g/mol. The number of aromatic amines is 1. The number of H-pyrrole nitrogens is 1. The van der Waals surface area contributed by atoms with Crippen molar-refractivity contribution in [3.8, 4) is 11.4 Å². The highest BCUT2D eigenvalue weighted by Gasteiger charge is 2.20. The molecule has 0 saturated carbocycles. The summed E-state index contributed by atoms with van der Waals surface area (Å²) in [5.74, 6) is 1.50. The zero-order valence-corrected chi connectivity index (χ0v) is 19.1. The Morgan fingerprint density at radius 3 is 2.59 bits per heavy atom. The third kappa shape index (κ3) is 4.13. The summed E-state index contributed by atoms with van der Waals surface area (Å²) in [7, 11) is 0. The van der Waals surface area contributed by atoms with Crippen LogP contribution in [0.4, 0.5) is 5.82 Å². The number of thiol groups is 1. The lowest BCUT2D eigenvalue weighted by Crippen LogP contribution is -2.37. The Labute approximate surface area is 192 Å². The van der Waals surface area contributed by atoms with Crippen molar-refractivity contribution in [1.29, 1.82) is 0 Å². The van der Waals surface area contributed by atoms with Gasteiger partial charge in [0.25, 0.3) is 0 Å². The molecule has 162 valence electrons. The van der Waals surface area contributed by atoms with Crippen LogP contribution in [-0.4, -0.2) is 46.5 Å². The van der Waals surface area contributed by atoms with Gasteiger partial charge in [-0.25, -0.2) is 9.97 Å². The average molecular weight is 444 g/mol. The number of morpholine rings is 1. The fourth-order valence-electron chi connectivity index (χ4n) is 4.14. The Morgan fingerprint density at radius 2 is 1.81 bits per heavy atom. The van der Waals surface area contributed by atoms with E-state index in [0.29, 0.717) is 19.0 Å². The molecule has 32 heavy (non-hydrogen) atoms. The maximum absolute atomic E-state index is 5.54. The van der Waals surface area contributed by atoms with Crippen molar-refractivity contribution in [2.24, 2.45) is 0 Å². The van der Waals surface area contributed by atoms with Gasteiger partial charge in [-0.1, -0.05) is 47.5 Å². The van der Waals surface area contributed by atoms with Gasteiger partial charge in [0.15, 0.2) is 5.82 Å². The molecule has 0 bridgehead atoms. The van der Waals surface area contributed by atoms with Crippen LogP contribution in [0.2, 0.25) is 0 Å². The van der Waals surface area contributed by atoms with Crippen LogP contribution >= 0.6 is 12.6 Å². The Hall–Kier alpha value is -3.16. The van der Waals surface area contributed by atoms with E-state index in [-0.39, 0.29) is 0 Å². The molecule has 3 heterocycles. The molecule has 7 heteroatoms. The summed E-state index contributed by atoms with van der Waals surface area (Å²) >= 11 is 4.85. The Kier molecular flexibility index (Phi) is 5.68. The first-order chi connectivity index (χ1) is 15.6. The van der Waals surface area contributed by atoms with Crippen LogP contribution in [0.15, 0.2) is 47.5 Å². The molecule has 5 rings (SSSR count). The predicted molar refractivity (Wildman–Crippen MR) is 132 cm³/mol. The molecule has 6 nitrogen and oxygen atoms in total. The van der Waals surface area contributed by atoms with Crippen LogP contribution in [0.25, 0.3) is 34.4 Å². The molecule has 1 fully saturated rings. The molecule has 2 aromatic carbocycles. The number of aromatic nitrogens is 4. The number of rotatable bonds is 4. The molecule has 2 aromatic heterocycles. The molecule has 0 atom stereocenters. The summed E-state index contributed by atoms with van der Waals surface area (Å²) < 4.78 is 5.54. The molecule has 0 aliphatic carbocycles. The molecule has 0 spiro atoms. The third-order valence-electron chi connectivity index (χ3n) is 5.61. The number of hydrogen-bond acceptors (Lipinski definition) is 6. The number of nitrogens with one attached hydrogen (secondary N) is 1. The van der Waals surface area contributed by atoms with Gasteiger partial charge >= 0.3 is 0 Å². The van der Waals surface area contributed by atoms with Crippen LogP contribution in [0.5, 0.6) is 0 Å². The van der Waals surface area contributed by atoms with E-state index in [1.54, 1.807) is 0 Å². The van der Waals surface area contributed by atoms with Crippen molar-refractivity contribution in [3.63, 3.8) is 0 Å². The molecule has 4 aromatic rings. The highest BCUT2D eigenvalue weighted by Crippen LogP contribution is 2.32. The number of fused-ring (bicyclic) bond motifs is 1. The zero-order valence-electron chi connectivity index (χ0n) is 18.2. The standard InChI is InChI=1S/C25H25N5OS/c1-16-12-17(2)14-18(13-16)6-7-22-23(32)25(30-8-10-31-11-9-30)28-24(27-22)19-4-3-5-21-20(19)15-26-29-21/h3-7,12-15,32H,8-11H2,1-2H3,(H,26,29)/b7-6+. The Morgan fingerprint density at radius 1 is 1.03 bits per heavy atom. The molecular weight excluding hydrogens is 418 g/mol. The van der Waals surface area contributed by atoms with E-state index in [4.69, 9.17) is 27.3 Å². The van der Waals surface area contributed by atoms with E-state index in [1.807, 2.05) is 30.5 Å². The molecule has 1 aliphatic heterocycles. The first-order valence-electron chi connectivity index (χ1n) is 10.7. The van der Waals surface area contributed by atoms with Crippen LogP contribution in [0.1, 0.15) is 22.4 Å². The van der Waals surface area contributed by atoms with E-state index in [0.717, 1.165) is 51.5 Å². The van der Waals surface area contributed by atoms with Crippen molar-refractivity contribution >= 4 is 41.5 Å². The van der Waals surface area contributed by atoms with E-state index in [2.05, 4.69) is 53.2 Å². The highest BCUT2D eigenvalue weighted by molar-refractivity contribution is 7.80. The SMILES string of the molecule is Cc1cc(C)cc(/C=C/c2nc(-c3cccc4[nH]ncc34)nc(N3CCOCC3)c2S)c1. The molecule has 1 aliphatic rings. The number of ether oxygens (including phenoxy) is 1. The summed E-state index contributed by atoms with van der Waals surface area (Å²) in [6.07, 6.45) is 5.94. The third-order valence-corrected chi connectivity index (χ3v) is 6.04. The molecule has 1 N–H and O–H groups in total. The zero-order chi connectivity index (χ0) is 22.1. The fraction of sp³-hybridized carbons (Fsp3) is 0.240. The van der Waals surface area contributed by atoms with Crippen molar-refractivity contribution in [3.05, 3.63) is 65.0 Å². The second kappa shape index (κ2) is 8.76. The molecule has 0 amide bonds. The molecular formula is C25H25N5OS. The van der Waals surface area contributed by atoms with Gasteiger partial charge < -0.3 is 9.64 Å². The maximum atomic E-state index is 5.54. The van der Waals surface area contributed by atoms with Crippen molar-refractivity contribution < 1.29 is 4.74 Å². The largest absolute Gasteiger partial charge is 0.378 e. The fourth-order valence-corrected chi connectivity index (χ4v) is 4.45. The number of anilines is 1. The van der Waals surface area contributed by atoms with Crippen molar-refractivity contribution in [1.82, 2.24) is 20.2 Å². The Bertz CT molecular complexity index is 1290. The van der Waals surface area contributed by atoms with Crippen molar-refractivity contribution in [2.45, 2.75) is 18.7 Å². The summed E-state index contributed by atoms with van der Waals surface area (Å²) in [4.78, 5) is 12.9. The summed E-state index contributed by atoms with van der Waals surface area (Å²) in [6.45, 7) is 7.13. The lowest BCUT2D eigenvalue weighted by molar-refractivity contribution is 0.122. The van der Waals surface area contributed by atoms with Gasteiger partial charge in [0.1, 0.15) is 5.82 Å². The minimum Gasteiger partial charge on any atom is -0.378 e. The highest BCUT2D eigenvalue weighted by atomic mass is 32.1. The molecule has 0 radical (unpaired) electrons. The average Bonchev–Trinajstić information content (AvgIpc) is 3.27. The van der Waals surface area contributed by atoms with Gasteiger partial charge in [0.2, 0.25) is 0 Å². The lowest BCUT2D eigenvalue weighted by atomic mass is 10.1. The van der Waals surface area contributed by atoms with E-state index < -0.39 is 0 Å². The number of nitrogens with zero attached hydrogens (tertiary/aromatic N) is 4. The smallest absolute Gasteiger partial charge is 0.162 e. The van der Waals surface area contributed by atoms with Crippen molar-refractivity contribution in [2.75, 3.05) is 31.2 Å². The lowest BCUT2D eigenvalue weighted by Gasteiger charge is -2.29. The summed E-state index contributed by atoms with van der Waals surface area (Å²) in [5, 5.41) is 8.22. The molecule has 1 saturated heterocycles. The Balaban J connectivity index is 1.64. The van der Waals surface area contributed by atoms with Crippen LogP contribution < -0.4 is 4.90 Å². The topological polar surface area (TPSA) is 66.9 Å². The number of benzene rings is 2. The summed E-state index contributed by atoms with van der Waals surface area (Å²) in [6, 6.07) is 12.5. The van der Waals surface area contributed by atoms with Gasteiger partial charge in [-0.15, -0.1) is 12.6 Å². The van der Waals surface area contributed by atoms with Crippen LogP contribution in [-0.2, 0) is 4.74 Å². The first kappa shape index (κ1) is 20.7. The quantitative estimate of drug-likeness (QED) is 0.438. The maximum Gasteiger partial charge on any atom is 0.162 e. The second-order valence-electron chi connectivity index (χ2n) is 8.10. The van der Waals surface area contributed by atoms with Gasteiger partial charge in [-0.3, -0.25) is 5.10 Å². The van der Waals surface area contributed by atoms with Gasteiger partial charge in [0.05, 0.1) is 35.5 Å². The predicted octanol–water partition coefficient (Wildman–Crippen LogP) is 4.93. The second-order valence-corrected chi connectivity index (χ2v) is 8.54. The normalized spacial score (nSPS) is 14.5. The number of hydrogen-bond donors (Lipinski definition) is 2. The first-order valence-corrected chi connectivity index (χ1v) is 11.2. The van der Waals surface area contributed by atoms with Gasteiger partial charge in [-0.2, -0.15) is 5.10 Å². The molecule has 0 unspecified atom stereocenters. The van der Waals surface area contributed by atoms with Crippen LogP contribution in [0.3, 0.4) is 0 Å². The van der Waals surface area contributed by atoms with Crippen LogP contribution in [0, 0.1) is 13.8 Å². The van der Waals surface area contributed by atoms with E-state index in [9.17, 15) is 0 Å². The van der Waals surface area contributed by atoms with Gasteiger partial charge in [-0.05, 0) is 31.6 Å². The van der Waals surface area contributed by atoms with E-state index in [1.165, 1.54) is 11.1 Å². The minimum atomic E-state index is 0.663. The van der Waals surface area contributed by atoms with Gasteiger partial charge in [0, 0.05) is 24.0 Å². The number of aryl methyl sites for hydroxylation is 2.